The zero-order chi connectivity index (χ0) is 14.5. The first-order valence-corrected chi connectivity index (χ1v) is 7.51. The fourth-order valence-electron chi connectivity index (χ4n) is 2.91. The van der Waals surface area contributed by atoms with Crippen LogP contribution in [0.4, 0.5) is 5.69 Å². The molecule has 1 heterocycles. The van der Waals surface area contributed by atoms with Gasteiger partial charge in [-0.3, -0.25) is 10.1 Å². The molecule has 5 heteroatoms. The number of hydrogen-bond acceptors (Lipinski definition) is 2. The monoisotopic (exact) mass is 279 g/mol. The van der Waals surface area contributed by atoms with E-state index in [1.807, 2.05) is 12.1 Å². The van der Waals surface area contributed by atoms with Crippen LogP contribution in [-0.2, 0) is 6.54 Å². The highest BCUT2D eigenvalue weighted by molar-refractivity contribution is 5.32. The van der Waals surface area contributed by atoms with Gasteiger partial charge in [-0.25, -0.2) is 0 Å². The first-order valence-electron chi connectivity index (χ1n) is 7.51. The number of benzene rings is 1. The summed E-state index contributed by atoms with van der Waals surface area (Å²) in [5, 5.41) is 10.6. The molecule has 1 aromatic carbocycles. The molecular formula is C15H25N3O2+2. The number of piperazine rings is 1. The maximum Gasteiger partial charge on any atom is 0.269 e. The fourth-order valence-corrected chi connectivity index (χ4v) is 2.91. The zero-order valence-corrected chi connectivity index (χ0v) is 12.4. The lowest BCUT2D eigenvalue weighted by molar-refractivity contribution is -1.03. The molecule has 0 saturated carbocycles. The molecule has 1 aliphatic rings. The molecule has 20 heavy (non-hydrogen) atoms. The molecule has 1 aromatic rings. The zero-order valence-electron chi connectivity index (χ0n) is 12.4. The third-order valence-corrected chi connectivity index (χ3v) is 4.51. The summed E-state index contributed by atoms with van der Waals surface area (Å²) in [5.74, 6) is 0. The number of nitro groups is 1. The van der Waals surface area contributed by atoms with Crippen molar-refractivity contribution >= 4 is 5.69 Å². The van der Waals surface area contributed by atoms with Gasteiger partial charge in [0.15, 0.2) is 0 Å². The van der Waals surface area contributed by atoms with Crippen molar-refractivity contribution < 1.29 is 14.7 Å². The minimum Gasteiger partial charge on any atom is -0.323 e. The third-order valence-electron chi connectivity index (χ3n) is 4.51. The topological polar surface area (TPSA) is 52.0 Å². The van der Waals surface area contributed by atoms with Gasteiger partial charge < -0.3 is 9.80 Å². The average Bonchev–Trinajstić information content (AvgIpc) is 2.48. The van der Waals surface area contributed by atoms with Gasteiger partial charge in [0.25, 0.3) is 5.69 Å². The van der Waals surface area contributed by atoms with Gasteiger partial charge in [-0.05, 0) is 25.5 Å². The SMILES string of the molecule is CC[C@@H](C)[NH+]1CC[NH+](Cc2ccc([N+](=O)[O-])cc2)CC1. The van der Waals surface area contributed by atoms with E-state index < -0.39 is 0 Å². The summed E-state index contributed by atoms with van der Waals surface area (Å²) in [6.45, 7) is 10.4. The molecule has 1 saturated heterocycles. The molecule has 110 valence electrons. The van der Waals surface area contributed by atoms with Gasteiger partial charge in [0, 0.05) is 17.7 Å². The molecule has 0 amide bonds. The Morgan fingerprint density at radius 1 is 1.20 bits per heavy atom. The number of non-ortho nitro benzene ring substituents is 1. The maximum atomic E-state index is 10.6. The van der Waals surface area contributed by atoms with Crippen molar-refractivity contribution in [2.75, 3.05) is 26.2 Å². The van der Waals surface area contributed by atoms with E-state index in [1.165, 1.54) is 38.2 Å². The van der Waals surface area contributed by atoms with Crippen LogP contribution >= 0.6 is 0 Å². The molecule has 1 aliphatic heterocycles. The molecule has 2 rings (SSSR count). The van der Waals surface area contributed by atoms with E-state index >= 15 is 0 Å². The lowest BCUT2D eigenvalue weighted by Gasteiger charge is -2.32. The fraction of sp³-hybridized carbons (Fsp3) is 0.600. The Hall–Kier alpha value is -1.46. The molecule has 5 nitrogen and oxygen atoms in total. The minimum atomic E-state index is -0.342. The number of hydrogen-bond donors (Lipinski definition) is 2. The van der Waals surface area contributed by atoms with Gasteiger partial charge in [-0.1, -0.05) is 6.92 Å². The lowest BCUT2D eigenvalue weighted by atomic mass is 10.1. The Bertz CT molecular complexity index is 439. The summed E-state index contributed by atoms with van der Waals surface area (Å²) in [4.78, 5) is 13.6. The molecule has 2 N–H and O–H groups in total. The van der Waals surface area contributed by atoms with Crippen LogP contribution in [0.15, 0.2) is 24.3 Å². The van der Waals surface area contributed by atoms with Gasteiger partial charge >= 0.3 is 0 Å². The standard InChI is InChI=1S/C15H23N3O2/c1-3-13(2)17-10-8-16(9-11-17)12-14-4-6-15(7-5-14)18(19)20/h4-7,13H,3,8-12H2,1-2H3/p+2/t13-/m1/s1. The van der Waals surface area contributed by atoms with Crippen LogP contribution in [0.3, 0.4) is 0 Å². The van der Waals surface area contributed by atoms with Gasteiger partial charge in [-0.2, -0.15) is 0 Å². The number of nitro benzene ring substituents is 1. The Morgan fingerprint density at radius 3 is 2.30 bits per heavy atom. The predicted octanol–water partition coefficient (Wildman–Crippen LogP) is -0.323. The van der Waals surface area contributed by atoms with Crippen LogP contribution in [0.5, 0.6) is 0 Å². The number of rotatable bonds is 5. The van der Waals surface area contributed by atoms with E-state index in [1.54, 1.807) is 21.9 Å². The molecule has 0 radical (unpaired) electrons. The normalized spacial score (nSPS) is 24.3. The second-order valence-electron chi connectivity index (χ2n) is 5.82. The molecular weight excluding hydrogens is 254 g/mol. The summed E-state index contributed by atoms with van der Waals surface area (Å²) >= 11 is 0. The Labute approximate surface area is 120 Å². The van der Waals surface area contributed by atoms with E-state index in [0.717, 1.165) is 12.6 Å². The second-order valence-corrected chi connectivity index (χ2v) is 5.82. The average molecular weight is 279 g/mol. The van der Waals surface area contributed by atoms with Crippen molar-refractivity contribution in [2.24, 2.45) is 0 Å². The maximum absolute atomic E-state index is 10.6. The number of quaternary nitrogens is 2. The van der Waals surface area contributed by atoms with Crippen molar-refractivity contribution in [1.29, 1.82) is 0 Å². The number of nitrogens with zero attached hydrogens (tertiary/aromatic N) is 1. The van der Waals surface area contributed by atoms with Crippen molar-refractivity contribution in [3.8, 4) is 0 Å². The first kappa shape index (κ1) is 14.9. The van der Waals surface area contributed by atoms with Crippen molar-refractivity contribution in [2.45, 2.75) is 32.9 Å². The van der Waals surface area contributed by atoms with Crippen LogP contribution in [0.1, 0.15) is 25.8 Å². The van der Waals surface area contributed by atoms with Crippen LogP contribution in [0.2, 0.25) is 0 Å². The van der Waals surface area contributed by atoms with Crippen molar-refractivity contribution in [1.82, 2.24) is 0 Å². The van der Waals surface area contributed by atoms with Gasteiger partial charge in [0.1, 0.15) is 32.7 Å². The first-order chi connectivity index (χ1) is 9.60. The van der Waals surface area contributed by atoms with Gasteiger partial charge in [0.2, 0.25) is 0 Å². The van der Waals surface area contributed by atoms with E-state index in [9.17, 15) is 10.1 Å². The lowest BCUT2D eigenvalue weighted by Crippen LogP contribution is -3.29. The van der Waals surface area contributed by atoms with Gasteiger partial charge in [0.05, 0.1) is 11.0 Å². The van der Waals surface area contributed by atoms with Crippen LogP contribution in [-0.4, -0.2) is 37.1 Å². The summed E-state index contributed by atoms with van der Waals surface area (Å²) in [5.41, 5.74) is 1.37. The molecule has 0 bridgehead atoms. The highest BCUT2D eigenvalue weighted by atomic mass is 16.6. The highest BCUT2D eigenvalue weighted by Gasteiger charge is 2.25. The van der Waals surface area contributed by atoms with E-state index in [0.29, 0.717) is 0 Å². The molecule has 1 fully saturated rings. The van der Waals surface area contributed by atoms with E-state index in [2.05, 4.69) is 13.8 Å². The van der Waals surface area contributed by atoms with E-state index in [-0.39, 0.29) is 10.6 Å². The largest absolute Gasteiger partial charge is 0.323 e. The van der Waals surface area contributed by atoms with Crippen LogP contribution in [0.25, 0.3) is 0 Å². The molecule has 1 atom stereocenters. The van der Waals surface area contributed by atoms with Crippen LogP contribution < -0.4 is 9.80 Å². The smallest absolute Gasteiger partial charge is 0.269 e. The minimum absolute atomic E-state index is 0.176. The molecule has 0 aromatic heterocycles. The third kappa shape index (κ3) is 3.77. The molecule has 0 unspecified atom stereocenters. The van der Waals surface area contributed by atoms with E-state index in [4.69, 9.17) is 0 Å². The van der Waals surface area contributed by atoms with Crippen LogP contribution in [0, 0.1) is 10.1 Å². The van der Waals surface area contributed by atoms with Crippen molar-refractivity contribution in [3.63, 3.8) is 0 Å². The van der Waals surface area contributed by atoms with Crippen molar-refractivity contribution in [3.05, 3.63) is 39.9 Å². The summed E-state index contributed by atoms with van der Waals surface area (Å²) in [6, 6.07) is 7.75. The Kier molecular flexibility index (Phi) is 5.09. The summed E-state index contributed by atoms with van der Waals surface area (Å²) < 4.78 is 0. The predicted molar refractivity (Wildman–Crippen MR) is 77.9 cm³/mol. The molecule has 0 aliphatic carbocycles. The Morgan fingerprint density at radius 2 is 1.80 bits per heavy atom. The van der Waals surface area contributed by atoms with Gasteiger partial charge in [-0.15, -0.1) is 0 Å². The second kappa shape index (κ2) is 6.81. The summed E-state index contributed by atoms with van der Waals surface area (Å²) in [7, 11) is 0. The summed E-state index contributed by atoms with van der Waals surface area (Å²) in [6.07, 6.45) is 1.24. The number of nitrogens with one attached hydrogen (secondary N) is 2. The molecule has 0 spiro atoms. The highest BCUT2D eigenvalue weighted by Crippen LogP contribution is 2.10. The Balaban J connectivity index is 1.84. The quantitative estimate of drug-likeness (QED) is 0.573.